The van der Waals surface area contributed by atoms with E-state index in [-0.39, 0.29) is 59.5 Å². The summed E-state index contributed by atoms with van der Waals surface area (Å²) in [6.07, 6.45) is 10.7. The van der Waals surface area contributed by atoms with E-state index in [1.54, 1.807) is 19.1 Å². The summed E-state index contributed by atoms with van der Waals surface area (Å²) in [4.78, 5) is 37.8. The molecule has 2 fully saturated rings. The monoisotopic (exact) mass is 398 g/mol. The van der Waals surface area contributed by atoms with Gasteiger partial charge in [-0.1, -0.05) is 32.9 Å². The zero-order valence-electron chi connectivity index (χ0n) is 17.4. The van der Waals surface area contributed by atoms with Crippen molar-refractivity contribution in [1.29, 1.82) is 0 Å². The smallest absolute Gasteiger partial charge is 0.305 e. The van der Waals surface area contributed by atoms with Gasteiger partial charge in [-0.15, -0.1) is 0 Å². The highest BCUT2D eigenvalue weighted by molar-refractivity contribution is 5.89. The second-order valence-electron chi connectivity index (χ2n) is 9.59. The van der Waals surface area contributed by atoms with Gasteiger partial charge in [-0.3, -0.25) is 14.4 Å². The van der Waals surface area contributed by atoms with E-state index in [2.05, 4.69) is 19.9 Å². The number of allylic oxidation sites excluding steroid dienone is 5. The quantitative estimate of drug-likeness (QED) is 0.721. The summed E-state index contributed by atoms with van der Waals surface area (Å²) >= 11 is 0. The highest BCUT2D eigenvalue weighted by Crippen LogP contribution is 2.64. The number of ether oxygens (including phenoxy) is 1. The molecule has 0 heterocycles. The first-order valence-corrected chi connectivity index (χ1v) is 10.7. The second-order valence-corrected chi connectivity index (χ2v) is 9.59. The second kappa shape index (κ2) is 6.96. The predicted molar refractivity (Wildman–Crippen MR) is 108 cm³/mol. The molecule has 0 amide bonds. The van der Waals surface area contributed by atoms with Crippen molar-refractivity contribution in [3.8, 4) is 0 Å². The van der Waals surface area contributed by atoms with Gasteiger partial charge < -0.3 is 9.84 Å². The average Bonchev–Trinajstić information content (AvgIpc) is 3.02. The molecule has 0 radical (unpaired) electrons. The highest BCUT2D eigenvalue weighted by Gasteiger charge is 2.62. The van der Waals surface area contributed by atoms with Crippen LogP contribution in [0, 0.1) is 34.5 Å². The van der Waals surface area contributed by atoms with Crippen molar-refractivity contribution in [2.24, 2.45) is 34.5 Å². The van der Waals surface area contributed by atoms with Crippen molar-refractivity contribution in [3.05, 3.63) is 35.6 Å². The Bertz CT molecular complexity index is 849. The molecule has 0 aromatic heterocycles. The molecular weight excluding hydrogens is 368 g/mol. The van der Waals surface area contributed by atoms with Gasteiger partial charge in [0.15, 0.2) is 5.78 Å². The first kappa shape index (κ1) is 20.1. The molecule has 5 heteroatoms. The number of fused-ring (bicyclic) bond motifs is 5. The Morgan fingerprint density at radius 2 is 2.03 bits per heavy atom. The molecule has 29 heavy (non-hydrogen) atoms. The summed E-state index contributed by atoms with van der Waals surface area (Å²) in [6, 6.07) is 0. The highest BCUT2D eigenvalue weighted by atomic mass is 16.5. The molecule has 0 aliphatic heterocycles. The molecule has 0 bridgehead atoms. The maximum absolute atomic E-state index is 13.5. The standard InChI is InChI=1S/C24H30O5/c1-4-21(28)29-13-20(27)18-8-7-17-16-6-5-14-11-15(25)9-10-23(14,2)22(16)19(26)12-24(17,18)3/h5,9-11,16-18,22,25H,4,6-8,12-13H2,1-3H3. The summed E-state index contributed by atoms with van der Waals surface area (Å²) in [5.41, 5.74) is 0.256. The predicted octanol–water partition coefficient (Wildman–Crippen LogP) is 4.09. The molecule has 5 nitrogen and oxygen atoms in total. The van der Waals surface area contributed by atoms with Crippen LogP contribution < -0.4 is 0 Å². The lowest BCUT2D eigenvalue weighted by molar-refractivity contribution is -0.152. The van der Waals surface area contributed by atoms with Gasteiger partial charge in [0.25, 0.3) is 0 Å². The molecule has 6 unspecified atom stereocenters. The van der Waals surface area contributed by atoms with E-state index < -0.39 is 5.41 Å². The average molecular weight is 398 g/mol. The van der Waals surface area contributed by atoms with Crippen LogP contribution in [0.2, 0.25) is 0 Å². The van der Waals surface area contributed by atoms with E-state index in [0.717, 1.165) is 24.8 Å². The van der Waals surface area contributed by atoms with Crippen molar-refractivity contribution in [2.75, 3.05) is 6.61 Å². The van der Waals surface area contributed by atoms with E-state index in [0.29, 0.717) is 12.3 Å². The fourth-order valence-corrected chi connectivity index (χ4v) is 6.68. The van der Waals surface area contributed by atoms with Gasteiger partial charge >= 0.3 is 5.97 Å². The third kappa shape index (κ3) is 3.01. The lowest BCUT2D eigenvalue weighted by atomic mass is 9.48. The number of carbonyl (C=O) groups is 3. The lowest BCUT2D eigenvalue weighted by Gasteiger charge is -2.54. The van der Waals surface area contributed by atoms with E-state index >= 15 is 0 Å². The molecule has 1 N–H and O–H groups in total. The van der Waals surface area contributed by atoms with Gasteiger partial charge in [0, 0.05) is 30.1 Å². The van der Waals surface area contributed by atoms with Crippen molar-refractivity contribution >= 4 is 17.5 Å². The van der Waals surface area contributed by atoms with Crippen LogP contribution in [0.4, 0.5) is 0 Å². The molecule has 0 spiro atoms. The summed E-state index contributed by atoms with van der Waals surface area (Å²) in [7, 11) is 0. The minimum atomic E-state index is -0.397. The van der Waals surface area contributed by atoms with E-state index in [9.17, 15) is 19.5 Å². The number of rotatable bonds is 4. The van der Waals surface area contributed by atoms with Crippen LogP contribution in [0.1, 0.15) is 52.9 Å². The number of Topliss-reactive ketones (excluding diaryl/α,β-unsaturated/α-hetero) is 2. The minimum absolute atomic E-state index is 0.0493. The Labute approximate surface area is 171 Å². The zero-order chi connectivity index (χ0) is 21.0. The van der Waals surface area contributed by atoms with E-state index in [1.165, 1.54) is 0 Å². The van der Waals surface area contributed by atoms with Crippen LogP contribution in [0.5, 0.6) is 0 Å². The maximum Gasteiger partial charge on any atom is 0.305 e. The van der Waals surface area contributed by atoms with Crippen molar-refractivity contribution in [3.63, 3.8) is 0 Å². The van der Waals surface area contributed by atoms with Crippen LogP contribution in [0.25, 0.3) is 0 Å². The Kier molecular flexibility index (Phi) is 4.83. The topological polar surface area (TPSA) is 80.7 Å². The number of hydrogen-bond acceptors (Lipinski definition) is 5. The van der Waals surface area contributed by atoms with Crippen LogP contribution in [0.3, 0.4) is 0 Å². The fourth-order valence-electron chi connectivity index (χ4n) is 6.68. The van der Waals surface area contributed by atoms with Gasteiger partial charge in [0.05, 0.1) is 0 Å². The van der Waals surface area contributed by atoms with Crippen LogP contribution in [-0.2, 0) is 19.1 Å². The molecule has 0 saturated heterocycles. The van der Waals surface area contributed by atoms with Crippen LogP contribution in [0.15, 0.2) is 35.6 Å². The SMILES string of the molecule is CCC(=O)OCC(=O)C1CCC2C3CC=C4C=C(O)C=CC4(C)C3C(=O)CC12C. The van der Waals surface area contributed by atoms with Crippen LogP contribution in [-0.4, -0.2) is 29.2 Å². The number of esters is 1. The normalized spacial score (nSPS) is 40.3. The van der Waals surface area contributed by atoms with Gasteiger partial charge in [-0.25, -0.2) is 0 Å². The minimum Gasteiger partial charge on any atom is -0.508 e. The Balaban J connectivity index is 1.61. The third-order valence-electron chi connectivity index (χ3n) is 8.09. The molecule has 0 aromatic rings. The van der Waals surface area contributed by atoms with Gasteiger partial charge in [-0.05, 0) is 54.2 Å². The number of hydrogen-bond donors (Lipinski definition) is 1. The molecular formula is C24H30O5. The van der Waals surface area contributed by atoms with Crippen molar-refractivity contribution < 1.29 is 24.2 Å². The number of aliphatic hydroxyl groups is 1. The molecule has 6 atom stereocenters. The molecule has 156 valence electrons. The van der Waals surface area contributed by atoms with Gasteiger partial charge in [0.1, 0.15) is 18.1 Å². The third-order valence-corrected chi connectivity index (χ3v) is 8.09. The first-order chi connectivity index (χ1) is 13.7. The molecule has 4 aliphatic rings. The Morgan fingerprint density at radius 3 is 2.76 bits per heavy atom. The summed E-state index contributed by atoms with van der Waals surface area (Å²) in [5.74, 6) is 0.176. The molecule has 2 saturated carbocycles. The Morgan fingerprint density at radius 1 is 1.28 bits per heavy atom. The van der Waals surface area contributed by atoms with E-state index in [1.807, 2.05) is 6.08 Å². The van der Waals surface area contributed by atoms with Gasteiger partial charge in [-0.2, -0.15) is 0 Å². The number of ketones is 2. The van der Waals surface area contributed by atoms with Crippen molar-refractivity contribution in [2.45, 2.75) is 52.9 Å². The van der Waals surface area contributed by atoms with E-state index in [4.69, 9.17) is 4.74 Å². The lowest BCUT2D eigenvalue weighted by Crippen LogP contribution is -2.54. The maximum atomic E-state index is 13.5. The molecule has 0 aromatic carbocycles. The summed E-state index contributed by atoms with van der Waals surface area (Å²) in [5, 5.41) is 9.89. The van der Waals surface area contributed by atoms with Gasteiger partial charge in [0.2, 0.25) is 0 Å². The summed E-state index contributed by atoms with van der Waals surface area (Å²) < 4.78 is 5.10. The number of aliphatic hydroxyl groups excluding tert-OH is 1. The largest absolute Gasteiger partial charge is 0.508 e. The summed E-state index contributed by atoms with van der Waals surface area (Å²) in [6.45, 7) is 5.71. The first-order valence-electron chi connectivity index (χ1n) is 10.7. The Hall–Kier alpha value is -2.17. The molecule has 4 rings (SSSR count). The van der Waals surface area contributed by atoms with Crippen LogP contribution >= 0.6 is 0 Å². The number of carbonyl (C=O) groups excluding carboxylic acids is 3. The molecule has 4 aliphatic carbocycles. The van der Waals surface area contributed by atoms with Crippen molar-refractivity contribution in [1.82, 2.24) is 0 Å². The fraction of sp³-hybridized carbons (Fsp3) is 0.625. The zero-order valence-corrected chi connectivity index (χ0v) is 17.4.